The number of nitrogens with zero attached hydrogens (tertiary/aromatic N) is 2. The maximum atomic E-state index is 12.4. The highest BCUT2D eigenvalue weighted by Crippen LogP contribution is 2.22. The molecule has 1 fully saturated rings. The van der Waals surface area contributed by atoms with Crippen LogP contribution in [0.4, 0.5) is 4.79 Å². The van der Waals surface area contributed by atoms with Gasteiger partial charge in [-0.3, -0.25) is 4.98 Å². The van der Waals surface area contributed by atoms with E-state index in [1.54, 1.807) is 12.4 Å². The minimum atomic E-state index is 0.0458. The van der Waals surface area contributed by atoms with Crippen molar-refractivity contribution in [3.05, 3.63) is 66.0 Å². The van der Waals surface area contributed by atoms with Crippen LogP contribution in [0.5, 0.6) is 0 Å². The number of likely N-dealkylation sites (tertiary alicyclic amines) is 1. The first-order chi connectivity index (χ1) is 11.3. The third kappa shape index (κ3) is 4.31. The topological polar surface area (TPSA) is 45.2 Å². The summed E-state index contributed by atoms with van der Waals surface area (Å²) in [5.41, 5.74) is 2.37. The predicted octanol–water partition coefficient (Wildman–Crippen LogP) is 3.39. The number of hydrogen-bond donors (Lipinski definition) is 1. The average molecular weight is 309 g/mol. The molecule has 1 unspecified atom stereocenters. The van der Waals surface area contributed by atoms with Crippen molar-refractivity contribution in [2.24, 2.45) is 0 Å². The standard InChI is InChI=1S/C19H23N3O/c23-19(21-15-17-8-4-12-20-14-17)22-13-5-9-18(22)11-10-16-6-2-1-3-7-16/h1-4,6-8,12,14,18H,5,9-11,13,15H2,(H,21,23). The zero-order chi connectivity index (χ0) is 15.9. The fourth-order valence-corrected chi connectivity index (χ4v) is 3.16. The number of aromatic nitrogens is 1. The minimum absolute atomic E-state index is 0.0458. The Morgan fingerprint density at radius 3 is 2.78 bits per heavy atom. The summed E-state index contributed by atoms with van der Waals surface area (Å²) in [6.07, 6.45) is 7.79. The molecule has 23 heavy (non-hydrogen) atoms. The van der Waals surface area contributed by atoms with E-state index in [0.717, 1.165) is 37.8 Å². The number of nitrogens with one attached hydrogen (secondary N) is 1. The van der Waals surface area contributed by atoms with Crippen LogP contribution in [0.2, 0.25) is 0 Å². The molecule has 0 aliphatic carbocycles. The van der Waals surface area contributed by atoms with Crippen molar-refractivity contribution < 1.29 is 4.79 Å². The Morgan fingerprint density at radius 2 is 2.00 bits per heavy atom. The summed E-state index contributed by atoms with van der Waals surface area (Å²) in [5.74, 6) is 0. The third-order valence-corrected chi connectivity index (χ3v) is 4.41. The quantitative estimate of drug-likeness (QED) is 0.920. The van der Waals surface area contributed by atoms with Crippen molar-refractivity contribution in [2.45, 2.75) is 38.3 Å². The molecule has 2 amide bonds. The monoisotopic (exact) mass is 309 g/mol. The summed E-state index contributed by atoms with van der Waals surface area (Å²) in [6.45, 7) is 1.40. The van der Waals surface area contributed by atoms with Crippen LogP contribution < -0.4 is 5.32 Å². The summed E-state index contributed by atoms with van der Waals surface area (Å²) in [4.78, 5) is 18.5. The maximum absolute atomic E-state index is 12.4. The van der Waals surface area contributed by atoms with Crippen molar-refractivity contribution in [2.75, 3.05) is 6.54 Å². The van der Waals surface area contributed by atoms with Crippen LogP contribution in [0.3, 0.4) is 0 Å². The molecule has 1 aromatic carbocycles. The van der Waals surface area contributed by atoms with Crippen molar-refractivity contribution in [3.63, 3.8) is 0 Å². The number of carbonyl (C=O) groups is 1. The summed E-state index contributed by atoms with van der Waals surface area (Å²) in [7, 11) is 0. The molecule has 2 aromatic rings. The Kier molecular flexibility index (Phi) is 5.25. The number of pyridine rings is 1. The van der Waals surface area contributed by atoms with E-state index in [2.05, 4.69) is 34.6 Å². The third-order valence-electron chi connectivity index (χ3n) is 4.41. The van der Waals surface area contributed by atoms with E-state index >= 15 is 0 Å². The molecular weight excluding hydrogens is 286 g/mol. The molecule has 1 aromatic heterocycles. The number of benzene rings is 1. The van der Waals surface area contributed by atoms with Gasteiger partial charge in [-0.05, 0) is 42.9 Å². The van der Waals surface area contributed by atoms with E-state index in [1.165, 1.54) is 5.56 Å². The molecule has 0 radical (unpaired) electrons. The molecule has 120 valence electrons. The van der Waals surface area contributed by atoms with Crippen LogP contribution in [-0.2, 0) is 13.0 Å². The molecule has 2 heterocycles. The van der Waals surface area contributed by atoms with Gasteiger partial charge in [-0.25, -0.2) is 4.79 Å². The molecule has 0 saturated carbocycles. The zero-order valence-electron chi connectivity index (χ0n) is 13.3. The zero-order valence-corrected chi connectivity index (χ0v) is 13.3. The van der Waals surface area contributed by atoms with E-state index in [9.17, 15) is 4.79 Å². The molecule has 1 saturated heterocycles. The number of urea groups is 1. The van der Waals surface area contributed by atoms with Crippen molar-refractivity contribution in [1.82, 2.24) is 15.2 Å². The lowest BCUT2D eigenvalue weighted by Gasteiger charge is -2.25. The Hall–Kier alpha value is -2.36. The number of aryl methyl sites for hydroxylation is 1. The fourth-order valence-electron chi connectivity index (χ4n) is 3.16. The molecular formula is C19H23N3O. The van der Waals surface area contributed by atoms with Crippen LogP contribution >= 0.6 is 0 Å². The highest BCUT2D eigenvalue weighted by Gasteiger charge is 2.28. The van der Waals surface area contributed by atoms with E-state index < -0.39 is 0 Å². The molecule has 0 spiro atoms. The van der Waals surface area contributed by atoms with E-state index in [4.69, 9.17) is 0 Å². The van der Waals surface area contributed by atoms with Crippen LogP contribution in [0, 0.1) is 0 Å². The highest BCUT2D eigenvalue weighted by molar-refractivity contribution is 5.74. The van der Waals surface area contributed by atoms with Gasteiger partial charge in [0, 0.05) is 31.5 Å². The Balaban J connectivity index is 1.50. The Bertz CT molecular complexity index is 615. The van der Waals surface area contributed by atoms with Crippen LogP contribution in [0.1, 0.15) is 30.4 Å². The summed E-state index contributed by atoms with van der Waals surface area (Å²) in [6, 6.07) is 14.8. The second-order valence-corrected chi connectivity index (χ2v) is 6.03. The molecule has 3 rings (SSSR count). The van der Waals surface area contributed by atoms with Gasteiger partial charge in [0.25, 0.3) is 0 Å². The van der Waals surface area contributed by atoms with Crippen molar-refractivity contribution in [1.29, 1.82) is 0 Å². The average Bonchev–Trinajstić information content (AvgIpc) is 3.08. The lowest BCUT2D eigenvalue weighted by Crippen LogP contribution is -2.42. The normalized spacial score (nSPS) is 17.2. The Labute approximate surface area is 137 Å². The highest BCUT2D eigenvalue weighted by atomic mass is 16.2. The smallest absolute Gasteiger partial charge is 0.317 e. The van der Waals surface area contributed by atoms with Gasteiger partial charge >= 0.3 is 6.03 Å². The van der Waals surface area contributed by atoms with Gasteiger partial charge in [-0.2, -0.15) is 0 Å². The molecule has 0 bridgehead atoms. The predicted molar refractivity (Wildman–Crippen MR) is 91.0 cm³/mol. The fraction of sp³-hybridized carbons (Fsp3) is 0.368. The van der Waals surface area contributed by atoms with Crippen LogP contribution in [0.15, 0.2) is 54.9 Å². The van der Waals surface area contributed by atoms with E-state index in [1.807, 2.05) is 23.1 Å². The first-order valence-electron chi connectivity index (χ1n) is 8.30. The van der Waals surface area contributed by atoms with Crippen LogP contribution in [0.25, 0.3) is 0 Å². The number of hydrogen-bond acceptors (Lipinski definition) is 2. The van der Waals surface area contributed by atoms with Crippen LogP contribution in [-0.4, -0.2) is 28.5 Å². The molecule has 4 nitrogen and oxygen atoms in total. The van der Waals surface area contributed by atoms with Gasteiger partial charge in [0.2, 0.25) is 0 Å². The number of amides is 2. The van der Waals surface area contributed by atoms with Gasteiger partial charge in [-0.15, -0.1) is 0 Å². The Morgan fingerprint density at radius 1 is 1.17 bits per heavy atom. The number of carbonyl (C=O) groups excluding carboxylic acids is 1. The second kappa shape index (κ2) is 7.77. The van der Waals surface area contributed by atoms with E-state index in [0.29, 0.717) is 12.6 Å². The van der Waals surface area contributed by atoms with Gasteiger partial charge < -0.3 is 10.2 Å². The second-order valence-electron chi connectivity index (χ2n) is 6.03. The molecule has 1 atom stereocenters. The summed E-state index contributed by atoms with van der Waals surface area (Å²) < 4.78 is 0. The number of rotatable bonds is 5. The first kappa shape index (κ1) is 15.5. The summed E-state index contributed by atoms with van der Waals surface area (Å²) in [5, 5.41) is 3.02. The lowest BCUT2D eigenvalue weighted by molar-refractivity contribution is 0.189. The first-order valence-corrected chi connectivity index (χ1v) is 8.30. The van der Waals surface area contributed by atoms with Gasteiger partial charge in [-0.1, -0.05) is 36.4 Å². The van der Waals surface area contributed by atoms with Gasteiger partial charge in [0.1, 0.15) is 0 Å². The largest absolute Gasteiger partial charge is 0.334 e. The summed E-state index contributed by atoms with van der Waals surface area (Å²) >= 11 is 0. The minimum Gasteiger partial charge on any atom is -0.334 e. The lowest BCUT2D eigenvalue weighted by atomic mass is 10.0. The van der Waals surface area contributed by atoms with E-state index in [-0.39, 0.29) is 6.03 Å². The van der Waals surface area contributed by atoms with Gasteiger partial charge in [0.05, 0.1) is 0 Å². The van der Waals surface area contributed by atoms with Gasteiger partial charge in [0.15, 0.2) is 0 Å². The molecule has 1 aliphatic rings. The van der Waals surface area contributed by atoms with Crippen molar-refractivity contribution in [3.8, 4) is 0 Å². The molecule has 4 heteroatoms. The molecule has 1 N–H and O–H groups in total. The molecule has 1 aliphatic heterocycles. The maximum Gasteiger partial charge on any atom is 0.317 e. The SMILES string of the molecule is O=C(NCc1cccnc1)N1CCCC1CCc1ccccc1. The van der Waals surface area contributed by atoms with Crippen molar-refractivity contribution >= 4 is 6.03 Å².